The number of esters is 1. The van der Waals surface area contributed by atoms with Gasteiger partial charge in [-0.1, -0.05) is 25.4 Å². The quantitative estimate of drug-likeness (QED) is 0.840. The van der Waals surface area contributed by atoms with Crippen LogP contribution in [0.2, 0.25) is 5.02 Å². The van der Waals surface area contributed by atoms with Crippen LogP contribution < -0.4 is 5.32 Å². The molecular formula is C17H21ClN2O3. The number of hydrogen-bond acceptors (Lipinski definition) is 5. The van der Waals surface area contributed by atoms with E-state index >= 15 is 0 Å². The highest BCUT2D eigenvalue weighted by Gasteiger charge is 2.32. The first-order valence-electron chi connectivity index (χ1n) is 7.39. The van der Waals surface area contributed by atoms with Crippen molar-refractivity contribution in [3.8, 4) is 0 Å². The van der Waals surface area contributed by atoms with Gasteiger partial charge in [0, 0.05) is 17.7 Å². The van der Waals surface area contributed by atoms with Gasteiger partial charge in [-0.05, 0) is 30.2 Å². The Labute approximate surface area is 141 Å². The van der Waals surface area contributed by atoms with E-state index in [9.17, 15) is 4.79 Å². The third kappa shape index (κ3) is 3.92. The lowest BCUT2D eigenvalue weighted by Gasteiger charge is -2.29. The minimum absolute atomic E-state index is 0.139. The molecule has 23 heavy (non-hydrogen) atoms. The zero-order chi connectivity index (χ0) is 17.0. The zero-order valence-electron chi connectivity index (χ0n) is 13.7. The SMILES string of the molecule is COCC1=C(C(=O)OC)C(C(C)C)N=C(c2ccc(Cl)cc2)N1. The molecule has 5 nitrogen and oxygen atoms in total. The lowest BCUT2D eigenvalue weighted by Crippen LogP contribution is -2.39. The van der Waals surface area contributed by atoms with Gasteiger partial charge in [0.1, 0.15) is 5.84 Å². The van der Waals surface area contributed by atoms with Crippen molar-refractivity contribution < 1.29 is 14.3 Å². The van der Waals surface area contributed by atoms with Crippen molar-refractivity contribution in [2.45, 2.75) is 19.9 Å². The molecule has 0 saturated heterocycles. The Balaban J connectivity index is 2.46. The maximum absolute atomic E-state index is 12.2. The number of hydrogen-bond donors (Lipinski definition) is 1. The number of carbonyl (C=O) groups is 1. The lowest BCUT2D eigenvalue weighted by molar-refractivity contribution is -0.136. The second-order valence-corrected chi connectivity index (χ2v) is 6.05. The highest BCUT2D eigenvalue weighted by Crippen LogP contribution is 2.25. The van der Waals surface area contributed by atoms with Crippen molar-refractivity contribution in [2.75, 3.05) is 20.8 Å². The van der Waals surface area contributed by atoms with Gasteiger partial charge < -0.3 is 14.8 Å². The maximum Gasteiger partial charge on any atom is 0.337 e. The smallest absolute Gasteiger partial charge is 0.337 e. The molecule has 0 amide bonds. The predicted octanol–water partition coefficient (Wildman–Crippen LogP) is 2.79. The molecule has 0 aromatic heterocycles. The van der Waals surface area contributed by atoms with Crippen LogP contribution in [0.15, 0.2) is 40.5 Å². The summed E-state index contributed by atoms with van der Waals surface area (Å²) in [5, 5.41) is 3.86. The molecule has 0 aliphatic carbocycles. The largest absolute Gasteiger partial charge is 0.466 e. The van der Waals surface area contributed by atoms with Gasteiger partial charge in [-0.15, -0.1) is 0 Å². The Bertz CT molecular complexity index is 636. The molecular weight excluding hydrogens is 316 g/mol. The van der Waals surface area contributed by atoms with Crippen molar-refractivity contribution >= 4 is 23.4 Å². The topological polar surface area (TPSA) is 59.9 Å². The highest BCUT2D eigenvalue weighted by molar-refractivity contribution is 6.30. The van der Waals surface area contributed by atoms with E-state index < -0.39 is 0 Å². The molecule has 0 radical (unpaired) electrons. The molecule has 1 aromatic carbocycles. The number of benzene rings is 1. The van der Waals surface area contributed by atoms with Crippen LogP contribution in [0, 0.1) is 5.92 Å². The second-order valence-electron chi connectivity index (χ2n) is 5.62. The molecule has 0 fully saturated rings. The van der Waals surface area contributed by atoms with Gasteiger partial charge in [-0.25, -0.2) is 4.79 Å². The summed E-state index contributed by atoms with van der Waals surface area (Å²) in [5.41, 5.74) is 2.10. The van der Waals surface area contributed by atoms with E-state index in [0.29, 0.717) is 22.1 Å². The number of aliphatic imine (C=N–C) groups is 1. The van der Waals surface area contributed by atoms with E-state index in [1.807, 2.05) is 26.0 Å². The summed E-state index contributed by atoms with van der Waals surface area (Å²) >= 11 is 5.94. The Morgan fingerprint density at radius 2 is 1.96 bits per heavy atom. The minimum atomic E-state index is -0.387. The first-order chi connectivity index (χ1) is 11.0. The van der Waals surface area contributed by atoms with Crippen LogP contribution in [0.4, 0.5) is 0 Å². The van der Waals surface area contributed by atoms with Crippen molar-refractivity contribution in [1.82, 2.24) is 5.32 Å². The highest BCUT2D eigenvalue weighted by atomic mass is 35.5. The number of methoxy groups -OCH3 is 2. The standard InChI is InChI=1S/C17H21ClN2O3/c1-10(2)15-14(17(21)23-4)13(9-22-3)19-16(20-15)11-5-7-12(18)8-6-11/h5-8,10,15H,9H2,1-4H3,(H,19,20). The zero-order valence-corrected chi connectivity index (χ0v) is 14.5. The van der Waals surface area contributed by atoms with Gasteiger partial charge in [0.05, 0.1) is 31.0 Å². The van der Waals surface area contributed by atoms with Gasteiger partial charge in [0.15, 0.2) is 0 Å². The average Bonchev–Trinajstić information content (AvgIpc) is 2.54. The first-order valence-corrected chi connectivity index (χ1v) is 7.76. The van der Waals surface area contributed by atoms with E-state index in [-0.39, 0.29) is 24.5 Å². The van der Waals surface area contributed by atoms with Crippen LogP contribution in [0.3, 0.4) is 0 Å². The molecule has 1 unspecified atom stereocenters. The van der Waals surface area contributed by atoms with Gasteiger partial charge in [0.25, 0.3) is 0 Å². The van der Waals surface area contributed by atoms with Crippen molar-refractivity contribution in [2.24, 2.45) is 10.9 Å². The third-order valence-electron chi connectivity index (χ3n) is 3.60. The Kier molecular flexibility index (Phi) is 5.80. The molecule has 6 heteroatoms. The first kappa shape index (κ1) is 17.5. The molecule has 124 valence electrons. The lowest BCUT2D eigenvalue weighted by atomic mass is 9.93. The fourth-order valence-corrected chi connectivity index (χ4v) is 2.60. The molecule has 1 heterocycles. The summed E-state index contributed by atoms with van der Waals surface area (Å²) in [6, 6.07) is 7.10. The molecule has 1 aliphatic rings. The molecule has 0 bridgehead atoms. The maximum atomic E-state index is 12.2. The van der Waals surface area contributed by atoms with Gasteiger partial charge in [-0.2, -0.15) is 0 Å². The number of ether oxygens (including phenoxy) is 2. The van der Waals surface area contributed by atoms with E-state index in [2.05, 4.69) is 5.32 Å². The summed E-state index contributed by atoms with van der Waals surface area (Å²) in [6.45, 7) is 4.32. The van der Waals surface area contributed by atoms with Crippen LogP contribution >= 0.6 is 11.6 Å². The Morgan fingerprint density at radius 1 is 1.30 bits per heavy atom. The second kappa shape index (κ2) is 7.62. The molecule has 1 aliphatic heterocycles. The normalized spacial score (nSPS) is 17.8. The van der Waals surface area contributed by atoms with E-state index in [1.165, 1.54) is 7.11 Å². The Morgan fingerprint density at radius 3 is 2.48 bits per heavy atom. The molecule has 0 saturated carbocycles. The van der Waals surface area contributed by atoms with Crippen LogP contribution in [0.5, 0.6) is 0 Å². The summed E-state index contributed by atoms with van der Waals surface area (Å²) < 4.78 is 10.2. The van der Waals surface area contributed by atoms with Gasteiger partial charge in [0.2, 0.25) is 0 Å². The predicted molar refractivity (Wildman–Crippen MR) is 90.7 cm³/mol. The molecule has 1 N–H and O–H groups in total. The van der Waals surface area contributed by atoms with Crippen LogP contribution in [0.25, 0.3) is 0 Å². The van der Waals surface area contributed by atoms with Crippen LogP contribution in [-0.2, 0) is 14.3 Å². The number of amidine groups is 1. The number of carbonyl (C=O) groups excluding carboxylic acids is 1. The number of halogens is 1. The third-order valence-corrected chi connectivity index (χ3v) is 3.85. The molecule has 2 rings (SSSR count). The van der Waals surface area contributed by atoms with Crippen LogP contribution in [0.1, 0.15) is 19.4 Å². The van der Waals surface area contributed by atoms with Crippen molar-refractivity contribution in [3.63, 3.8) is 0 Å². The fraction of sp³-hybridized carbons (Fsp3) is 0.412. The average molecular weight is 337 g/mol. The summed E-state index contributed by atoms with van der Waals surface area (Å²) in [6.07, 6.45) is 0. The molecule has 0 spiro atoms. The minimum Gasteiger partial charge on any atom is -0.466 e. The monoisotopic (exact) mass is 336 g/mol. The molecule has 1 atom stereocenters. The van der Waals surface area contributed by atoms with Gasteiger partial charge >= 0.3 is 5.97 Å². The summed E-state index contributed by atoms with van der Waals surface area (Å²) in [7, 11) is 2.96. The fourth-order valence-electron chi connectivity index (χ4n) is 2.47. The van der Waals surface area contributed by atoms with E-state index in [0.717, 1.165) is 5.56 Å². The van der Waals surface area contributed by atoms with Crippen LogP contribution in [-0.4, -0.2) is 38.7 Å². The van der Waals surface area contributed by atoms with E-state index in [1.54, 1.807) is 19.2 Å². The number of rotatable bonds is 5. The number of nitrogens with zero attached hydrogens (tertiary/aromatic N) is 1. The van der Waals surface area contributed by atoms with E-state index in [4.69, 9.17) is 26.1 Å². The summed E-state index contributed by atoms with van der Waals surface area (Å²) in [5.74, 6) is 0.447. The van der Waals surface area contributed by atoms with Gasteiger partial charge in [-0.3, -0.25) is 4.99 Å². The Hall–Kier alpha value is -1.85. The van der Waals surface area contributed by atoms with Crippen molar-refractivity contribution in [3.05, 3.63) is 46.1 Å². The van der Waals surface area contributed by atoms with Crippen molar-refractivity contribution in [1.29, 1.82) is 0 Å². The molecule has 1 aromatic rings. The number of nitrogens with one attached hydrogen (secondary N) is 1. The summed E-state index contributed by atoms with van der Waals surface area (Å²) in [4.78, 5) is 16.9.